The maximum Gasteiger partial charge on any atom is 0.0848 e. The summed E-state index contributed by atoms with van der Waals surface area (Å²) >= 11 is 3.37. The Morgan fingerprint density at radius 1 is 0.833 bits per heavy atom. The lowest BCUT2D eigenvalue weighted by Crippen LogP contribution is -2.13. The van der Waals surface area contributed by atoms with Crippen LogP contribution in [0.25, 0.3) is 0 Å². The molecule has 0 spiro atoms. The van der Waals surface area contributed by atoms with E-state index in [-0.39, 0.29) is 0 Å². The number of thiophene rings is 2. The summed E-state index contributed by atoms with van der Waals surface area (Å²) in [4.78, 5) is 0. The fraction of sp³-hybridized carbons (Fsp3) is 0.467. The Labute approximate surface area is 118 Å². The standard InChI is InChI=1S/C8H12S.C7H10OS/c1-8(2,3)7-4-5-9-6-7;1-7(2,8)6-3-4-9-5-6/h4-6H,1-3H3;3-5,8H,1-2H3. The van der Waals surface area contributed by atoms with Crippen molar-refractivity contribution in [1.82, 2.24) is 0 Å². The van der Waals surface area contributed by atoms with Gasteiger partial charge in [0, 0.05) is 0 Å². The average molecular weight is 282 g/mol. The van der Waals surface area contributed by atoms with Crippen LogP contribution < -0.4 is 0 Å². The predicted octanol–water partition coefficient (Wildman–Crippen LogP) is 5.02. The highest BCUT2D eigenvalue weighted by Crippen LogP contribution is 2.23. The minimum atomic E-state index is -0.667. The Morgan fingerprint density at radius 2 is 1.28 bits per heavy atom. The second kappa shape index (κ2) is 6.00. The van der Waals surface area contributed by atoms with E-state index in [9.17, 15) is 5.11 Å². The molecule has 0 fully saturated rings. The molecule has 18 heavy (non-hydrogen) atoms. The van der Waals surface area contributed by atoms with Gasteiger partial charge in [-0.3, -0.25) is 0 Å². The zero-order valence-electron chi connectivity index (χ0n) is 11.7. The molecule has 0 aliphatic carbocycles. The van der Waals surface area contributed by atoms with Gasteiger partial charge in [0.05, 0.1) is 5.60 Å². The third-order valence-corrected chi connectivity index (χ3v) is 3.98. The van der Waals surface area contributed by atoms with Crippen LogP contribution in [-0.2, 0) is 11.0 Å². The number of hydrogen-bond acceptors (Lipinski definition) is 3. The summed E-state index contributed by atoms with van der Waals surface area (Å²) in [5.74, 6) is 0. The van der Waals surface area contributed by atoms with Crippen LogP contribution in [-0.4, -0.2) is 5.11 Å². The quantitative estimate of drug-likeness (QED) is 0.778. The molecule has 0 amide bonds. The third-order valence-electron chi connectivity index (χ3n) is 2.61. The molecule has 1 N–H and O–H groups in total. The molecule has 0 radical (unpaired) electrons. The lowest BCUT2D eigenvalue weighted by molar-refractivity contribution is 0.0791. The van der Waals surface area contributed by atoms with Crippen molar-refractivity contribution in [2.24, 2.45) is 0 Å². The molecule has 0 unspecified atom stereocenters. The Bertz CT molecular complexity index is 384. The van der Waals surface area contributed by atoms with Gasteiger partial charge in [0.2, 0.25) is 0 Å². The zero-order chi connectivity index (χ0) is 13.8. The second-order valence-electron chi connectivity index (χ2n) is 5.83. The molecule has 2 aromatic rings. The molecule has 2 aromatic heterocycles. The summed E-state index contributed by atoms with van der Waals surface area (Å²) < 4.78 is 0. The molecule has 2 rings (SSSR count). The Balaban J connectivity index is 0.000000180. The largest absolute Gasteiger partial charge is 0.386 e. The molecule has 0 aliphatic rings. The first kappa shape index (κ1) is 15.4. The molecular formula is C15H22OS2. The van der Waals surface area contributed by atoms with Gasteiger partial charge >= 0.3 is 0 Å². The van der Waals surface area contributed by atoms with E-state index in [2.05, 4.69) is 37.6 Å². The highest BCUT2D eigenvalue weighted by atomic mass is 32.1. The topological polar surface area (TPSA) is 20.2 Å². The molecule has 0 aliphatic heterocycles. The van der Waals surface area contributed by atoms with Crippen LogP contribution >= 0.6 is 22.7 Å². The minimum absolute atomic E-state index is 0.333. The van der Waals surface area contributed by atoms with Gasteiger partial charge in [0.1, 0.15) is 0 Å². The fourth-order valence-electron chi connectivity index (χ4n) is 1.30. The van der Waals surface area contributed by atoms with Crippen molar-refractivity contribution in [2.45, 2.75) is 45.6 Å². The van der Waals surface area contributed by atoms with Gasteiger partial charge in [-0.05, 0) is 64.0 Å². The van der Waals surface area contributed by atoms with Crippen LogP contribution in [0.2, 0.25) is 0 Å². The van der Waals surface area contributed by atoms with E-state index < -0.39 is 5.60 Å². The predicted molar refractivity (Wildman–Crippen MR) is 82.6 cm³/mol. The molecule has 3 heteroatoms. The monoisotopic (exact) mass is 282 g/mol. The summed E-state index contributed by atoms with van der Waals surface area (Å²) in [6, 6.07) is 4.12. The first-order valence-corrected chi connectivity index (χ1v) is 7.87. The first-order chi connectivity index (χ1) is 8.21. The molecule has 0 aromatic carbocycles. The lowest BCUT2D eigenvalue weighted by Gasteiger charge is -2.15. The number of hydrogen-bond donors (Lipinski definition) is 1. The lowest BCUT2D eigenvalue weighted by atomic mass is 9.90. The molecule has 0 atom stereocenters. The SMILES string of the molecule is CC(C)(C)c1ccsc1.CC(C)(O)c1ccsc1. The second-order valence-corrected chi connectivity index (χ2v) is 7.39. The van der Waals surface area contributed by atoms with Crippen molar-refractivity contribution in [3.05, 3.63) is 44.8 Å². The fourth-order valence-corrected chi connectivity index (χ4v) is 3.00. The summed E-state index contributed by atoms with van der Waals surface area (Å²) in [5, 5.41) is 17.6. The Kier molecular flexibility index (Phi) is 5.14. The van der Waals surface area contributed by atoms with E-state index in [1.54, 1.807) is 36.5 Å². The average Bonchev–Trinajstić information content (AvgIpc) is 2.91. The Morgan fingerprint density at radius 3 is 1.44 bits per heavy atom. The van der Waals surface area contributed by atoms with Crippen LogP contribution in [0.5, 0.6) is 0 Å². The summed E-state index contributed by atoms with van der Waals surface area (Å²) in [5.41, 5.74) is 2.10. The van der Waals surface area contributed by atoms with Crippen LogP contribution in [0.4, 0.5) is 0 Å². The van der Waals surface area contributed by atoms with Crippen LogP contribution in [0.15, 0.2) is 33.7 Å². The molecule has 2 heterocycles. The van der Waals surface area contributed by atoms with Crippen LogP contribution in [0, 0.1) is 0 Å². The molecular weight excluding hydrogens is 260 g/mol. The first-order valence-electron chi connectivity index (χ1n) is 5.99. The van der Waals surface area contributed by atoms with E-state index in [0.717, 1.165) is 5.56 Å². The highest BCUT2D eigenvalue weighted by molar-refractivity contribution is 7.08. The normalized spacial score (nSPS) is 11.9. The highest BCUT2D eigenvalue weighted by Gasteiger charge is 2.15. The van der Waals surface area contributed by atoms with Crippen molar-refractivity contribution in [3.63, 3.8) is 0 Å². The summed E-state index contributed by atoms with van der Waals surface area (Å²) in [6.07, 6.45) is 0. The summed E-state index contributed by atoms with van der Waals surface area (Å²) in [7, 11) is 0. The van der Waals surface area contributed by atoms with Gasteiger partial charge in [0.25, 0.3) is 0 Å². The van der Waals surface area contributed by atoms with Gasteiger partial charge in [-0.25, -0.2) is 0 Å². The number of rotatable bonds is 1. The van der Waals surface area contributed by atoms with E-state index >= 15 is 0 Å². The van der Waals surface area contributed by atoms with E-state index in [1.165, 1.54) is 5.56 Å². The maximum atomic E-state index is 9.38. The smallest absolute Gasteiger partial charge is 0.0848 e. The van der Waals surface area contributed by atoms with Crippen molar-refractivity contribution in [1.29, 1.82) is 0 Å². The van der Waals surface area contributed by atoms with Gasteiger partial charge in [-0.2, -0.15) is 22.7 Å². The van der Waals surface area contributed by atoms with Gasteiger partial charge in [-0.15, -0.1) is 0 Å². The molecule has 0 bridgehead atoms. The summed E-state index contributed by atoms with van der Waals surface area (Å²) in [6.45, 7) is 10.3. The molecule has 1 nitrogen and oxygen atoms in total. The number of aliphatic hydroxyl groups is 1. The van der Waals surface area contributed by atoms with Crippen LogP contribution in [0.1, 0.15) is 45.7 Å². The van der Waals surface area contributed by atoms with Gasteiger partial charge in [-0.1, -0.05) is 20.8 Å². The van der Waals surface area contributed by atoms with E-state index in [0.29, 0.717) is 5.41 Å². The molecule has 100 valence electrons. The van der Waals surface area contributed by atoms with Crippen molar-refractivity contribution >= 4 is 22.7 Å². The van der Waals surface area contributed by atoms with Crippen LogP contribution in [0.3, 0.4) is 0 Å². The third kappa shape index (κ3) is 4.92. The molecule has 0 saturated heterocycles. The van der Waals surface area contributed by atoms with Crippen molar-refractivity contribution < 1.29 is 5.11 Å². The van der Waals surface area contributed by atoms with Crippen molar-refractivity contribution in [2.75, 3.05) is 0 Å². The van der Waals surface area contributed by atoms with Gasteiger partial charge < -0.3 is 5.11 Å². The van der Waals surface area contributed by atoms with E-state index in [1.807, 2.05) is 16.8 Å². The minimum Gasteiger partial charge on any atom is -0.386 e. The zero-order valence-corrected chi connectivity index (χ0v) is 13.4. The molecule has 0 saturated carbocycles. The maximum absolute atomic E-state index is 9.38. The van der Waals surface area contributed by atoms with Gasteiger partial charge in [0.15, 0.2) is 0 Å². The van der Waals surface area contributed by atoms with Crippen molar-refractivity contribution in [3.8, 4) is 0 Å². The Hall–Kier alpha value is -0.640. The van der Waals surface area contributed by atoms with E-state index in [4.69, 9.17) is 0 Å².